The Morgan fingerprint density at radius 1 is 1.29 bits per heavy atom. The molecule has 0 aliphatic heterocycles. The van der Waals surface area contributed by atoms with Gasteiger partial charge in [-0.2, -0.15) is 0 Å². The fraction of sp³-hybridized carbons (Fsp3) is 0.571. The van der Waals surface area contributed by atoms with E-state index in [1.54, 1.807) is 0 Å². The lowest BCUT2D eigenvalue weighted by Crippen LogP contribution is -2.35. The molecule has 0 radical (unpaired) electrons. The molecule has 17 heavy (non-hydrogen) atoms. The SMILES string of the molecule is C[C@H](CNC1CCCC1)Oc1ccc(Cl)cc1. The summed E-state index contributed by atoms with van der Waals surface area (Å²) < 4.78 is 5.81. The van der Waals surface area contributed by atoms with Gasteiger partial charge in [-0.1, -0.05) is 24.4 Å². The zero-order valence-corrected chi connectivity index (χ0v) is 11.0. The van der Waals surface area contributed by atoms with Gasteiger partial charge in [0.2, 0.25) is 0 Å². The Hall–Kier alpha value is -0.730. The molecule has 0 spiro atoms. The monoisotopic (exact) mass is 253 g/mol. The number of hydrogen-bond acceptors (Lipinski definition) is 2. The van der Waals surface area contributed by atoms with Crippen molar-refractivity contribution in [3.05, 3.63) is 29.3 Å². The van der Waals surface area contributed by atoms with Crippen LogP contribution in [0.4, 0.5) is 0 Å². The minimum Gasteiger partial charge on any atom is -0.489 e. The van der Waals surface area contributed by atoms with E-state index in [1.807, 2.05) is 24.3 Å². The van der Waals surface area contributed by atoms with E-state index in [9.17, 15) is 0 Å². The first-order chi connectivity index (χ1) is 8.24. The van der Waals surface area contributed by atoms with Gasteiger partial charge in [-0.3, -0.25) is 0 Å². The molecule has 1 aliphatic carbocycles. The standard InChI is InChI=1S/C14H20ClNO/c1-11(10-16-13-4-2-3-5-13)17-14-8-6-12(15)7-9-14/h6-9,11,13,16H,2-5,10H2,1H3/t11-/m1/s1. The third-order valence-corrected chi connectivity index (χ3v) is 3.45. The van der Waals surface area contributed by atoms with Gasteiger partial charge in [0.15, 0.2) is 0 Å². The molecule has 2 rings (SSSR count). The molecule has 0 heterocycles. The first kappa shape index (κ1) is 12.7. The van der Waals surface area contributed by atoms with Crippen LogP contribution in [0, 0.1) is 0 Å². The zero-order chi connectivity index (χ0) is 12.1. The van der Waals surface area contributed by atoms with Gasteiger partial charge in [0.1, 0.15) is 11.9 Å². The van der Waals surface area contributed by atoms with Crippen LogP contribution in [0.5, 0.6) is 5.75 Å². The van der Waals surface area contributed by atoms with Gasteiger partial charge >= 0.3 is 0 Å². The maximum absolute atomic E-state index is 5.83. The minimum absolute atomic E-state index is 0.191. The number of benzene rings is 1. The average molecular weight is 254 g/mol. The second-order valence-electron chi connectivity index (χ2n) is 4.77. The summed E-state index contributed by atoms with van der Waals surface area (Å²) in [7, 11) is 0. The number of hydrogen-bond donors (Lipinski definition) is 1. The molecule has 0 aromatic heterocycles. The highest BCUT2D eigenvalue weighted by Crippen LogP contribution is 2.19. The molecular formula is C14H20ClNO. The first-order valence-corrected chi connectivity index (χ1v) is 6.77. The van der Waals surface area contributed by atoms with Crippen molar-refractivity contribution >= 4 is 11.6 Å². The van der Waals surface area contributed by atoms with Crippen molar-refractivity contribution < 1.29 is 4.74 Å². The van der Waals surface area contributed by atoms with Crippen LogP contribution in [0.15, 0.2) is 24.3 Å². The second-order valence-corrected chi connectivity index (χ2v) is 5.21. The van der Waals surface area contributed by atoms with E-state index in [0.29, 0.717) is 6.04 Å². The van der Waals surface area contributed by atoms with E-state index in [-0.39, 0.29) is 6.10 Å². The van der Waals surface area contributed by atoms with Crippen LogP contribution in [-0.2, 0) is 0 Å². The number of halogens is 1. The Morgan fingerprint density at radius 3 is 2.59 bits per heavy atom. The Morgan fingerprint density at radius 2 is 1.94 bits per heavy atom. The Balaban J connectivity index is 1.72. The normalized spacial score (nSPS) is 18.2. The highest BCUT2D eigenvalue weighted by atomic mass is 35.5. The van der Waals surface area contributed by atoms with Crippen molar-refractivity contribution in [2.24, 2.45) is 0 Å². The van der Waals surface area contributed by atoms with Gasteiger partial charge in [-0.05, 0) is 44.0 Å². The van der Waals surface area contributed by atoms with Gasteiger partial charge < -0.3 is 10.1 Å². The molecule has 0 bridgehead atoms. The molecule has 1 aliphatic rings. The molecular weight excluding hydrogens is 234 g/mol. The predicted octanol–water partition coefficient (Wildman–Crippen LogP) is 3.64. The Kier molecular flexibility index (Phi) is 4.69. The maximum atomic E-state index is 5.83. The topological polar surface area (TPSA) is 21.3 Å². The van der Waals surface area contributed by atoms with E-state index in [1.165, 1.54) is 25.7 Å². The van der Waals surface area contributed by atoms with E-state index in [2.05, 4.69) is 12.2 Å². The maximum Gasteiger partial charge on any atom is 0.119 e. The summed E-state index contributed by atoms with van der Waals surface area (Å²) in [5.41, 5.74) is 0. The smallest absolute Gasteiger partial charge is 0.119 e. The van der Waals surface area contributed by atoms with Gasteiger partial charge in [0.25, 0.3) is 0 Å². The van der Waals surface area contributed by atoms with Crippen LogP contribution in [0.3, 0.4) is 0 Å². The number of nitrogens with one attached hydrogen (secondary N) is 1. The summed E-state index contributed by atoms with van der Waals surface area (Å²) in [4.78, 5) is 0. The first-order valence-electron chi connectivity index (χ1n) is 6.39. The highest BCUT2D eigenvalue weighted by Gasteiger charge is 2.15. The molecule has 1 N–H and O–H groups in total. The predicted molar refractivity (Wildman–Crippen MR) is 71.8 cm³/mol. The van der Waals surface area contributed by atoms with Crippen LogP contribution >= 0.6 is 11.6 Å². The summed E-state index contributed by atoms with van der Waals surface area (Å²) in [6, 6.07) is 8.23. The van der Waals surface area contributed by atoms with Gasteiger partial charge in [-0.25, -0.2) is 0 Å². The lowest BCUT2D eigenvalue weighted by Gasteiger charge is -2.18. The van der Waals surface area contributed by atoms with Gasteiger partial charge in [-0.15, -0.1) is 0 Å². The molecule has 1 aromatic rings. The molecule has 1 atom stereocenters. The van der Waals surface area contributed by atoms with E-state index in [0.717, 1.165) is 17.3 Å². The highest BCUT2D eigenvalue weighted by molar-refractivity contribution is 6.30. The Bertz CT molecular complexity index is 333. The lowest BCUT2D eigenvalue weighted by molar-refractivity contribution is 0.211. The van der Waals surface area contributed by atoms with Crippen molar-refractivity contribution in [3.63, 3.8) is 0 Å². The Labute approximate surface area is 108 Å². The van der Waals surface area contributed by atoms with Crippen LogP contribution in [-0.4, -0.2) is 18.7 Å². The number of rotatable bonds is 5. The van der Waals surface area contributed by atoms with Crippen molar-refractivity contribution in [1.29, 1.82) is 0 Å². The number of ether oxygens (including phenoxy) is 1. The summed E-state index contributed by atoms with van der Waals surface area (Å²) in [6.07, 6.45) is 5.55. The van der Waals surface area contributed by atoms with Crippen molar-refractivity contribution in [3.8, 4) is 5.75 Å². The average Bonchev–Trinajstić information content (AvgIpc) is 2.83. The van der Waals surface area contributed by atoms with Crippen LogP contribution < -0.4 is 10.1 Å². The molecule has 1 aromatic carbocycles. The van der Waals surface area contributed by atoms with Gasteiger partial charge in [0, 0.05) is 17.6 Å². The summed E-state index contributed by atoms with van der Waals surface area (Å²) in [5, 5.41) is 4.31. The third kappa shape index (κ3) is 4.21. The minimum atomic E-state index is 0.191. The van der Waals surface area contributed by atoms with E-state index in [4.69, 9.17) is 16.3 Å². The molecule has 1 fully saturated rings. The van der Waals surface area contributed by atoms with Crippen LogP contribution in [0.1, 0.15) is 32.6 Å². The molecule has 3 heteroatoms. The van der Waals surface area contributed by atoms with Crippen LogP contribution in [0.25, 0.3) is 0 Å². The van der Waals surface area contributed by atoms with Crippen molar-refractivity contribution in [2.75, 3.05) is 6.54 Å². The fourth-order valence-electron chi connectivity index (χ4n) is 2.25. The zero-order valence-electron chi connectivity index (χ0n) is 10.3. The second kappa shape index (κ2) is 6.27. The lowest BCUT2D eigenvalue weighted by atomic mass is 10.2. The summed E-state index contributed by atoms with van der Waals surface area (Å²) >= 11 is 5.83. The molecule has 94 valence electrons. The molecule has 0 unspecified atom stereocenters. The fourth-order valence-corrected chi connectivity index (χ4v) is 2.38. The largest absolute Gasteiger partial charge is 0.489 e. The third-order valence-electron chi connectivity index (χ3n) is 3.20. The van der Waals surface area contributed by atoms with Crippen molar-refractivity contribution in [2.45, 2.75) is 44.8 Å². The molecule has 0 saturated heterocycles. The summed E-state index contributed by atoms with van der Waals surface area (Å²) in [6.45, 7) is 3.00. The quantitative estimate of drug-likeness (QED) is 0.865. The molecule has 0 amide bonds. The van der Waals surface area contributed by atoms with E-state index >= 15 is 0 Å². The van der Waals surface area contributed by atoms with Crippen molar-refractivity contribution in [1.82, 2.24) is 5.32 Å². The summed E-state index contributed by atoms with van der Waals surface area (Å²) in [5.74, 6) is 0.884. The molecule has 1 saturated carbocycles. The van der Waals surface area contributed by atoms with E-state index < -0.39 is 0 Å². The van der Waals surface area contributed by atoms with Crippen LogP contribution in [0.2, 0.25) is 5.02 Å². The van der Waals surface area contributed by atoms with Gasteiger partial charge in [0.05, 0.1) is 0 Å². The molecule has 2 nitrogen and oxygen atoms in total.